The van der Waals surface area contributed by atoms with E-state index in [1.807, 2.05) is 72.8 Å². The molecule has 5 nitrogen and oxygen atoms in total. The lowest BCUT2D eigenvalue weighted by Crippen LogP contribution is -1.85. The first-order valence-corrected chi connectivity index (χ1v) is 9.51. The first-order valence-electron chi connectivity index (χ1n) is 9.51. The van der Waals surface area contributed by atoms with Gasteiger partial charge in [0.2, 0.25) is 5.89 Å². The first kappa shape index (κ1) is 17.9. The predicted octanol–water partition coefficient (Wildman–Crippen LogP) is 6.11. The van der Waals surface area contributed by atoms with Crippen LogP contribution in [0, 0.1) is 0 Å². The normalized spacial score (nSPS) is 11.5. The van der Waals surface area contributed by atoms with Gasteiger partial charge in [-0.25, -0.2) is 4.98 Å². The number of phenolic OH excluding ortho intramolecular Hbond substituents is 1. The number of nitrogens with zero attached hydrogens (tertiary/aromatic N) is 2. The van der Waals surface area contributed by atoms with E-state index in [0.29, 0.717) is 17.0 Å². The number of oxazole rings is 1. The monoisotopic (exact) mass is 394 g/mol. The molecule has 4 aromatic carbocycles. The summed E-state index contributed by atoms with van der Waals surface area (Å²) in [6, 6.07) is 24.6. The molecule has 0 spiro atoms. The maximum atomic E-state index is 10.3. The molecule has 30 heavy (non-hydrogen) atoms. The molecule has 0 bridgehead atoms. The van der Waals surface area contributed by atoms with Gasteiger partial charge in [-0.1, -0.05) is 30.3 Å². The van der Waals surface area contributed by atoms with E-state index >= 15 is 0 Å². The number of methoxy groups -OCH3 is 1. The SMILES string of the molecule is COc1ccc2oc(-c3ccc(N=Cc4c(O)ccc5ccccc45)cc3)nc2c1. The lowest BCUT2D eigenvalue weighted by molar-refractivity contribution is 0.415. The fourth-order valence-electron chi connectivity index (χ4n) is 3.41. The van der Waals surface area contributed by atoms with Gasteiger partial charge in [0.15, 0.2) is 5.58 Å². The Morgan fingerprint density at radius 2 is 1.80 bits per heavy atom. The molecule has 0 saturated heterocycles. The molecule has 5 heteroatoms. The molecule has 1 N–H and O–H groups in total. The van der Waals surface area contributed by atoms with Crippen LogP contribution in [0.2, 0.25) is 0 Å². The van der Waals surface area contributed by atoms with Gasteiger partial charge in [0.25, 0.3) is 0 Å². The highest BCUT2D eigenvalue weighted by molar-refractivity contribution is 6.03. The van der Waals surface area contributed by atoms with Gasteiger partial charge in [-0.05, 0) is 53.2 Å². The average Bonchev–Trinajstić information content (AvgIpc) is 3.22. The molecule has 1 heterocycles. The van der Waals surface area contributed by atoms with Crippen molar-refractivity contribution in [2.75, 3.05) is 7.11 Å². The number of rotatable bonds is 4. The zero-order valence-electron chi connectivity index (χ0n) is 16.2. The van der Waals surface area contributed by atoms with Crippen molar-refractivity contribution in [3.8, 4) is 23.0 Å². The number of fused-ring (bicyclic) bond motifs is 2. The maximum absolute atomic E-state index is 10.3. The number of hydrogen-bond donors (Lipinski definition) is 1. The van der Waals surface area contributed by atoms with Crippen LogP contribution in [-0.2, 0) is 0 Å². The van der Waals surface area contributed by atoms with Crippen LogP contribution in [0.25, 0.3) is 33.3 Å². The molecule has 0 amide bonds. The second-order valence-corrected chi connectivity index (χ2v) is 6.88. The van der Waals surface area contributed by atoms with Crippen LogP contribution in [0.3, 0.4) is 0 Å². The van der Waals surface area contributed by atoms with E-state index in [-0.39, 0.29) is 5.75 Å². The average molecular weight is 394 g/mol. The van der Waals surface area contributed by atoms with Crippen molar-refractivity contribution >= 4 is 33.8 Å². The number of hydrogen-bond acceptors (Lipinski definition) is 5. The quantitative estimate of drug-likeness (QED) is 0.373. The van der Waals surface area contributed by atoms with E-state index in [2.05, 4.69) is 9.98 Å². The zero-order chi connectivity index (χ0) is 20.5. The highest BCUT2D eigenvalue weighted by Gasteiger charge is 2.09. The van der Waals surface area contributed by atoms with Crippen LogP contribution in [-0.4, -0.2) is 23.4 Å². The largest absolute Gasteiger partial charge is 0.507 e. The highest BCUT2D eigenvalue weighted by atomic mass is 16.5. The van der Waals surface area contributed by atoms with Crippen molar-refractivity contribution < 1.29 is 14.3 Å². The Balaban J connectivity index is 1.44. The molecule has 0 radical (unpaired) electrons. The van der Waals surface area contributed by atoms with Crippen LogP contribution in [0.15, 0.2) is 88.3 Å². The van der Waals surface area contributed by atoms with Gasteiger partial charge < -0.3 is 14.3 Å². The standard InChI is InChI=1S/C25H18N2O3/c1-29-19-11-13-24-22(14-19)27-25(30-24)17-6-9-18(10-7-17)26-15-21-20-5-3-2-4-16(20)8-12-23(21)28/h2-15,28H,1H3. The van der Waals surface area contributed by atoms with E-state index in [4.69, 9.17) is 9.15 Å². The minimum absolute atomic E-state index is 0.205. The minimum Gasteiger partial charge on any atom is -0.507 e. The molecule has 0 saturated carbocycles. The number of ether oxygens (including phenoxy) is 1. The fraction of sp³-hybridized carbons (Fsp3) is 0.0400. The van der Waals surface area contributed by atoms with Gasteiger partial charge in [-0.3, -0.25) is 4.99 Å². The van der Waals surface area contributed by atoms with Gasteiger partial charge >= 0.3 is 0 Å². The molecule has 0 fully saturated rings. The van der Waals surface area contributed by atoms with Crippen LogP contribution in [0.1, 0.15) is 5.56 Å². The summed E-state index contributed by atoms with van der Waals surface area (Å²) < 4.78 is 11.1. The molecular formula is C25H18N2O3. The van der Waals surface area contributed by atoms with Crippen molar-refractivity contribution in [2.45, 2.75) is 0 Å². The minimum atomic E-state index is 0.205. The molecule has 0 unspecified atom stereocenters. The summed E-state index contributed by atoms with van der Waals surface area (Å²) in [5.41, 5.74) is 3.78. The van der Waals surface area contributed by atoms with Crippen molar-refractivity contribution in [2.24, 2.45) is 4.99 Å². The van der Waals surface area contributed by atoms with E-state index in [1.165, 1.54) is 0 Å². The van der Waals surface area contributed by atoms with Crippen molar-refractivity contribution in [3.63, 3.8) is 0 Å². The van der Waals surface area contributed by atoms with Crippen LogP contribution in [0.4, 0.5) is 5.69 Å². The number of aromatic hydroxyl groups is 1. The third-order valence-corrected chi connectivity index (χ3v) is 5.00. The van der Waals surface area contributed by atoms with Crippen molar-refractivity contribution in [1.29, 1.82) is 0 Å². The Kier molecular flexibility index (Phi) is 4.41. The number of aliphatic imine (C=N–C) groups is 1. The molecule has 0 aliphatic rings. The summed E-state index contributed by atoms with van der Waals surface area (Å²) in [4.78, 5) is 9.08. The van der Waals surface area contributed by atoms with Gasteiger partial charge in [0.1, 0.15) is 17.0 Å². The summed E-state index contributed by atoms with van der Waals surface area (Å²) in [5.74, 6) is 1.49. The third-order valence-electron chi connectivity index (χ3n) is 5.00. The molecule has 0 aliphatic carbocycles. The Morgan fingerprint density at radius 3 is 2.63 bits per heavy atom. The molecule has 146 valence electrons. The zero-order valence-corrected chi connectivity index (χ0v) is 16.2. The van der Waals surface area contributed by atoms with Crippen molar-refractivity contribution in [3.05, 3.63) is 84.4 Å². The molecular weight excluding hydrogens is 376 g/mol. The van der Waals surface area contributed by atoms with E-state index in [0.717, 1.165) is 33.3 Å². The number of phenols is 1. The predicted molar refractivity (Wildman–Crippen MR) is 119 cm³/mol. The summed E-state index contributed by atoms with van der Waals surface area (Å²) >= 11 is 0. The molecule has 0 aliphatic heterocycles. The Labute approximate surface area is 172 Å². The molecule has 5 rings (SSSR count). The topological polar surface area (TPSA) is 67.9 Å². The van der Waals surface area contributed by atoms with Gasteiger partial charge in [0.05, 0.1) is 12.8 Å². The highest BCUT2D eigenvalue weighted by Crippen LogP contribution is 2.29. The van der Waals surface area contributed by atoms with Crippen LogP contribution < -0.4 is 4.74 Å². The first-order chi connectivity index (χ1) is 14.7. The summed E-state index contributed by atoms with van der Waals surface area (Å²) in [7, 11) is 1.62. The van der Waals surface area contributed by atoms with Gasteiger partial charge in [-0.15, -0.1) is 0 Å². The second-order valence-electron chi connectivity index (χ2n) is 6.88. The van der Waals surface area contributed by atoms with E-state index < -0.39 is 0 Å². The smallest absolute Gasteiger partial charge is 0.227 e. The molecule has 1 aromatic heterocycles. The summed E-state index contributed by atoms with van der Waals surface area (Å²) in [6.45, 7) is 0. The summed E-state index contributed by atoms with van der Waals surface area (Å²) in [6.07, 6.45) is 1.69. The summed E-state index contributed by atoms with van der Waals surface area (Å²) in [5, 5.41) is 12.3. The Bertz CT molecular complexity index is 1390. The van der Waals surface area contributed by atoms with Crippen LogP contribution in [0.5, 0.6) is 11.5 Å². The number of aromatic nitrogens is 1. The Hall–Kier alpha value is -4.12. The lowest BCUT2D eigenvalue weighted by Gasteiger charge is -2.04. The molecule has 5 aromatic rings. The maximum Gasteiger partial charge on any atom is 0.227 e. The van der Waals surface area contributed by atoms with Crippen LogP contribution >= 0.6 is 0 Å². The lowest BCUT2D eigenvalue weighted by atomic mass is 10.0. The number of benzene rings is 4. The Morgan fingerprint density at radius 1 is 0.967 bits per heavy atom. The van der Waals surface area contributed by atoms with E-state index in [1.54, 1.807) is 19.4 Å². The molecule has 0 atom stereocenters. The van der Waals surface area contributed by atoms with Gasteiger partial charge in [0, 0.05) is 23.4 Å². The van der Waals surface area contributed by atoms with Gasteiger partial charge in [-0.2, -0.15) is 0 Å². The third kappa shape index (κ3) is 3.26. The fourth-order valence-corrected chi connectivity index (χ4v) is 3.41. The van der Waals surface area contributed by atoms with E-state index in [9.17, 15) is 5.11 Å². The van der Waals surface area contributed by atoms with Crippen molar-refractivity contribution in [1.82, 2.24) is 4.98 Å². The second kappa shape index (κ2) is 7.37.